The minimum absolute atomic E-state index is 0.470. The number of hydrogen-bond donors (Lipinski definition) is 0. The van der Waals surface area contributed by atoms with E-state index in [1.54, 1.807) is 0 Å². The van der Waals surface area contributed by atoms with Crippen molar-refractivity contribution in [2.24, 2.45) is 0 Å². The van der Waals surface area contributed by atoms with E-state index in [1.807, 2.05) is 12.4 Å². The summed E-state index contributed by atoms with van der Waals surface area (Å²) in [5, 5.41) is 0. The van der Waals surface area contributed by atoms with Gasteiger partial charge in [0.25, 0.3) is 0 Å². The SMILES string of the molecule is CN1CCCCC1c1cnccc1-c1ccncc1C1CCCCN1C. The van der Waals surface area contributed by atoms with Crippen molar-refractivity contribution in [3.05, 3.63) is 48.0 Å². The Kier molecular flexibility index (Phi) is 5.32. The van der Waals surface area contributed by atoms with E-state index in [0.29, 0.717) is 12.1 Å². The molecule has 2 aromatic rings. The molecule has 26 heavy (non-hydrogen) atoms. The number of piperidine rings is 2. The predicted molar refractivity (Wildman–Crippen MR) is 106 cm³/mol. The maximum absolute atomic E-state index is 4.48. The zero-order valence-corrected chi connectivity index (χ0v) is 16.1. The molecular weight excluding hydrogens is 320 g/mol. The molecule has 0 radical (unpaired) electrons. The van der Waals surface area contributed by atoms with Crippen LogP contribution in [0.25, 0.3) is 11.1 Å². The molecule has 2 fully saturated rings. The van der Waals surface area contributed by atoms with Crippen molar-refractivity contribution < 1.29 is 0 Å². The van der Waals surface area contributed by atoms with Crippen molar-refractivity contribution in [3.8, 4) is 11.1 Å². The van der Waals surface area contributed by atoms with E-state index in [0.717, 1.165) is 0 Å². The van der Waals surface area contributed by atoms with E-state index in [9.17, 15) is 0 Å². The van der Waals surface area contributed by atoms with Crippen molar-refractivity contribution in [1.82, 2.24) is 19.8 Å². The van der Waals surface area contributed by atoms with Gasteiger partial charge in [0, 0.05) is 36.9 Å². The van der Waals surface area contributed by atoms with E-state index in [4.69, 9.17) is 0 Å². The topological polar surface area (TPSA) is 32.3 Å². The summed E-state index contributed by atoms with van der Waals surface area (Å²) < 4.78 is 0. The Morgan fingerprint density at radius 2 is 1.19 bits per heavy atom. The van der Waals surface area contributed by atoms with Gasteiger partial charge >= 0.3 is 0 Å². The molecule has 0 bridgehead atoms. The lowest BCUT2D eigenvalue weighted by Gasteiger charge is -2.35. The monoisotopic (exact) mass is 350 g/mol. The smallest absolute Gasteiger partial charge is 0.0366 e. The molecule has 0 N–H and O–H groups in total. The highest BCUT2D eigenvalue weighted by atomic mass is 15.1. The van der Waals surface area contributed by atoms with Crippen LogP contribution in [0, 0.1) is 0 Å². The Labute approximate surface area is 157 Å². The summed E-state index contributed by atoms with van der Waals surface area (Å²) in [6.07, 6.45) is 15.7. The molecule has 4 rings (SSSR count). The zero-order valence-electron chi connectivity index (χ0n) is 16.1. The van der Waals surface area contributed by atoms with Crippen LogP contribution in [0.2, 0.25) is 0 Å². The molecule has 2 unspecified atom stereocenters. The average Bonchev–Trinajstić information content (AvgIpc) is 2.69. The first-order valence-electron chi connectivity index (χ1n) is 10.0. The Hall–Kier alpha value is -1.78. The van der Waals surface area contributed by atoms with Gasteiger partial charge in [0.1, 0.15) is 0 Å². The van der Waals surface area contributed by atoms with Gasteiger partial charge in [-0.05, 0) is 87.3 Å². The molecule has 2 aromatic heterocycles. The van der Waals surface area contributed by atoms with E-state index in [-0.39, 0.29) is 0 Å². The third kappa shape index (κ3) is 3.40. The Morgan fingerprint density at radius 3 is 1.62 bits per heavy atom. The highest BCUT2D eigenvalue weighted by Crippen LogP contribution is 2.40. The zero-order chi connectivity index (χ0) is 17.9. The van der Waals surface area contributed by atoms with Crippen LogP contribution in [-0.2, 0) is 0 Å². The van der Waals surface area contributed by atoms with Gasteiger partial charge in [0.2, 0.25) is 0 Å². The van der Waals surface area contributed by atoms with Crippen LogP contribution in [-0.4, -0.2) is 47.0 Å². The van der Waals surface area contributed by atoms with Crippen LogP contribution in [0.15, 0.2) is 36.9 Å². The molecule has 0 amide bonds. The molecular formula is C22H30N4. The van der Waals surface area contributed by atoms with Crippen LogP contribution in [0.5, 0.6) is 0 Å². The summed E-state index contributed by atoms with van der Waals surface area (Å²) in [5.74, 6) is 0. The largest absolute Gasteiger partial charge is 0.299 e. The van der Waals surface area contributed by atoms with Crippen molar-refractivity contribution in [2.45, 2.75) is 50.6 Å². The maximum atomic E-state index is 4.48. The second-order valence-electron chi connectivity index (χ2n) is 7.91. The second-order valence-corrected chi connectivity index (χ2v) is 7.91. The molecule has 0 saturated carbocycles. The number of pyridine rings is 2. The van der Waals surface area contributed by atoms with Crippen LogP contribution in [0.3, 0.4) is 0 Å². The molecule has 0 spiro atoms. The maximum Gasteiger partial charge on any atom is 0.0366 e. The molecule has 4 heterocycles. The Bertz CT molecular complexity index is 681. The first kappa shape index (κ1) is 17.6. The fourth-order valence-corrected chi connectivity index (χ4v) is 4.77. The van der Waals surface area contributed by atoms with Crippen molar-refractivity contribution in [2.75, 3.05) is 27.2 Å². The number of aromatic nitrogens is 2. The normalized spacial score (nSPS) is 25.3. The fraction of sp³-hybridized carbons (Fsp3) is 0.545. The highest BCUT2D eigenvalue weighted by molar-refractivity contribution is 5.71. The Morgan fingerprint density at radius 1 is 0.731 bits per heavy atom. The van der Waals surface area contributed by atoms with Gasteiger partial charge in [-0.3, -0.25) is 19.8 Å². The molecule has 2 aliphatic heterocycles. The van der Waals surface area contributed by atoms with Crippen molar-refractivity contribution in [1.29, 1.82) is 0 Å². The first-order valence-corrected chi connectivity index (χ1v) is 10.0. The van der Waals surface area contributed by atoms with E-state index >= 15 is 0 Å². The number of rotatable bonds is 3. The van der Waals surface area contributed by atoms with Gasteiger partial charge in [-0.1, -0.05) is 12.8 Å². The van der Waals surface area contributed by atoms with E-state index in [1.165, 1.54) is 73.9 Å². The molecule has 4 nitrogen and oxygen atoms in total. The van der Waals surface area contributed by atoms with Crippen molar-refractivity contribution >= 4 is 0 Å². The van der Waals surface area contributed by atoms with Gasteiger partial charge < -0.3 is 0 Å². The number of hydrogen-bond acceptors (Lipinski definition) is 4. The standard InChI is InChI=1S/C22H30N4/c1-25-13-5-3-7-21(25)19-15-23-11-9-17(19)18-10-12-24-16-20(18)22-8-4-6-14-26(22)2/h9-12,15-16,21-22H,3-8,13-14H2,1-2H3. The van der Waals surface area contributed by atoms with Gasteiger partial charge in [-0.2, -0.15) is 0 Å². The van der Waals surface area contributed by atoms with Gasteiger partial charge in [-0.15, -0.1) is 0 Å². The first-order chi connectivity index (χ1) is 12.8. The van der Waals surface area contributed by atoms with E-state index in [2.05, 4.69) is 58.4 Å². The van der Waals surface area contributed by atoms with Crippen LogP contribution in [0.1, 0.15) is 61.7 Å². The quantitative estimate of drug-likeness (QED) is 0.818. The highest BCUT2D eigenvalue weighted by Gasteiger charge is 2.27. The van der Waals surface area contributed by atoms with Gasteiger partial charge in [0.15, 0.2) is 0 Å². The van der Waals surface area contributed by atoms with E-state index < -0.39 is 0 Å². The molecule has 2 saturated heterocycles. The Balaban J connectivity index is 1.77. The second kappa shape index (κ2) is 7.85. The summed E-state index contributed by atoms with van der Waals surface area (Å²) in [6.45, 7) is 2.35. The molecule has 2 atom stereocenters. The predicted octanol–water partition coefficient (Wildman–Crippen LogP) is 4.46. The summed E-state index contributed by atoms with van der Waals surface area (Å²) >= 11 is 0. The summed E-state index contributed by atoms with van der Waals surface area (Å²) in [7, 11) is 4.51. The van der Waals surface area contributed by atoms with Gasteiger partial charge in [0.05, 0.1) is 0 Å². The van der Waals surface area contributed by atoms with Gasteiger partial charge in [-0.25, -0.2) is 0 Å². The molecule has 138 valence electrons. The molecule has 0 aliphatic carbocycles. The van der Waals surface area contributed by atoms with Crippen LogP contribution >= 0.6 is 0 Å². The summed E-state index contributed by atoms with van der Waals surface area (Å²) in [4.78, 5) is 14.0. The summed E-state index contributed by atoms with van der Waals surface area (Å²) in [6, 6.07) is 5.36. The summed E-state index contributed by atoms with van der Waals surface area (Å²) in [5.41, 5.74) is 5.44. The lowest BCUT2D eigenvalue weighted by atomic mass is 9.86. The number of likely N-dealkylation sites (tertiary alicyclic amines) is 2. The molecule has 0 aromatic carbocycles. The third-order valence-electron chi connectivity index (χ3n) is 6.25. The van der Waals surface area contributed by atoms with Crippen molar-refractivity contribution in [3.63, 3.8) is 0 Å². The minimum Gasteiger partial charge on any atom is -0.299 e. The average molecular weight is 351 g/mol. The lowest BCUT2D eigenvalue weighted by molar-refractivity contribution is 0.186. The molecule has 4 heteroatoms. The minimum atomic E-state index is 0.470. The van der Waals surface area contributed by atoms with Crippen LogP contribution < -0.4 is 0 Å². The van der Waals surface area contributed by atoms with Crippen LogP contribution in [0.4, 0.5) is 0 Å². The number of nitrogens with zero attached hydrogens (tertiary/aromatic N) is 4. The fourth-order valence-electron chi connectivity index (χ4n) is 4.77. The lowest BCUT2D eigenvalue weighted by Crippen LogP contribution is -2.31. The molecule has 2 aliphatic rings. The third-order valence-corrected chi connectivity index (χ3v) is 6.25.